The quantitative estimate of drug-likeness (QED) is 0.0222. The highest BCUT2D eigenvalue weighted by molar-refractivity contribution is 7.47. The van der Waals surface area contributed by atoms with Gasteiger partial charge in [-0.2, -0.15) is 0 Å². The van der Waals surface area contributed by atoms with Crippen molar-refractivity contribution in [1.29, 1.82) is 0 Å². The molecule has 0 spiro atoms. The fourth-order valence-corrected chi connectivity index (χ4v) is 10.8. The van der Waals surface area contributed by atoms with Gasteiger partial charge in [0.05, 0.1) is 26.4 Å². The molecule has 0 aliphatic carbocycles. The molecule has 17 nitrogen and oxygen atoms in total. The van der Waals surface area contributed by atoms with E-state index in [1.54, 1.807) is 0 Å². The van der Waals surface area contributed by atoms with Crippen LogP contribution < -0.4 is 0 Å². The van der Waals surface area contributed by atoms with E-state index in [1.807, 2.05) is 0 Å². The number of unbranched alkanes of at least 4 members (excludes halogenated alkanes) is 31. The van der Waals surface area contributed by atoms with Crippen LogP contribution in [0.15, 0.2) is 0 Å². The fourth-order valence-electron chi connectivity index (χ4n) is 9.18. The first-order valence-corrected chi connectivity index (χ1v) is 35.5. The van der Waals surface area contributed by atoms with Gasteiger partial charge in [-0.1, -0.05) is 253 Å². The van der Waals surface area contributed by atoms with Crippen LogP contribution in [0.1, 0.15) is 305 Å². The van der Waals surface area contributed by atoms with E-state index in [1.165, 1.54) is 116 Å². The molecule has 0 heterocycles. The predicted molar refractivity (Wildman–Crippen MR) is 321 cm³/mol. The Morgan fingerprint density at radius 3 is 0.840 bits per heavy atom. The van der Waals surface area contributed by atoms with Gasteiger partial charge in [0, 0.05) is 25.7 Å². The van der Waals surface area contributed by atoms with E-state index in [2.05, 4.69) is 41.5 Å². The zero-order chi connectivity index (χ0) is 60.1. The first kappa shape index (κ1) is 79.1. The maximum atomic E-state index is 12.9. The third-order valence-electron chi connectivity index (χ3n) is 14.2. The average Bonchev–Trinajstić information content (AvgIpc) is 3.42. The van der Waals surface area contributed by atoms with Gasteiger partial charge in [-0.25, -0.2) is 9.13 Å². The van der Waals surface area contributed by atoms with E-state index >= 15 is 0 Å². The van der Waals surface area contributed by atoms with E-state index in [4.69, 9.17) is 37.0 Å². The number of aliphatic hydroxyl groups is 1. The summed E-state index contributed by atoms with van der Waals surface area (Å²) < 4.78 is 67.9. The predicted octanol–water partition coefficient (Wildman–Crippen LogP) is 16.9. The summed E-state index contributed by atoms with van der Waals surface area (Å²) in [5.74, 6) is -0.697. The minimum atomic E-state index is -4.94. The van der Waals surface area contributed by atoms with Gasteiger partial charge in [-0.3, -0.25) is 37.3 Å². The smallest absolute Gasteiger partial charge is 0.462 e. The highest BCUT2D eigenvalue weighted by Crippen LogP contribution is 2.45. The number of ether oxygens (including phenoxy) is 4. The van der Waals surface area contributed by atoms with Crippen LogP contribution in [0.4, 0.5) is 0 Å². The van der Waals surface area contributed by atoms with Crippen molar-refractivity contribution in [2.45, 2.75) is 323 Å². The van der Waals surface area contributed by atoms with Gasteiger partial charge >= 0.3 is 39.5 Å². The number of rotatable bonds is 61. The summed E-state index contributed by atoms with van der Waals surface area (Å²) in [6, 6.07) is 0. The van der Waals surface area contributed by atoms with Crippen molar-refractivity contribution in [2.75, 3.05) is 39.6 Å². The maximum absolute atomic E-state index is 12.9. The third kappa shape index (κ3) is 56.9. The molecule has 0 aliphatic rings. The second-order valence-corrected chi connectivity index (χ2v) is 26.3. The van der Waals surface area contributed by atoms with Crippen molar-refractivity contribution in [3.05, 3.63) is 0 Å². The summed E-state index contributed by atoms with van der Waals surface area (Å²) in [5, 5.41) is 10.5. The van der Waals surface area contributed by atoms with Crippen LogP contribution in [0.5, 0.6) is 0 Å². The number of phosphoric ester groups is 2. The molecule has 0 radical (unpaired) electrons. The monoisotopic (exact) mass is 1200 g/mol. The second kappa shape index (κ2) is 54.7. The zero-order valence-electron chi connectivity index (χ0n) is 52.1. The van der Waals surface area contributed by atoms with Gasteiger partial charge in [0.1, 0.15) is 19.3 Å². The summed E-state index contributed by atoms with van der Waals surface area (Å²) in [5.41, 5.74) is 0. The summed E-state index contributed by atoms with van der Waals surface area (Å²) >= 11 is 0. The van der Waals surface area contributed by atoms with Crippen LogP contribution >= 0.6 is 15.6 Å². The Labute approximate surface area is 492 Å². The molecule has 0 aromatic heterocycles. The Balaban J connectivity index is 5.24. The lowest BCUT2D eigenvalue weighted by Gasteiger charge is -2.21. The number of carbonyl (C=O) groups is 4. The Morgan fingerprint density at radius 2 is 0.568 bits per heavy atom. The average molecular weight is 1200 g/mol. The van der Waals surface area contributed by atoms with E-state index in [0.717, 1.165) is 102 Å². The van der Waals surface area contributed by atoms with Crippen molar-refractivity contribution in [2.24, 2.45) is 11.8 Å². The fraction of sp³-hybridized carbons (Fsp3) is 0.935. The standard InChI is InChI=1S/C62H120O17P2/c1-7-9-11-13-15-17-21-27-34-40-46-61(66)78-57(50-72-59(64)44-38-32-26-19-16-14-12-10-8-2)52-76-80(68,69)74-48-56(63)49-75-81(70,71)77-53-58(51-73-60(65)45-39-33-29-23-25-31-37-43-55(5)6)79-62(67)47-41-35-28-22-18-20-24-30-36-42-54(3)4/h54-58,63H,7-53H2,1-6H3,(H,68,69)(H,70,71)/t56-,57+,58+/m0/s1. The molecular formula is C62H120O17P2. The Morgan fingerprint density at radius 1 is 0.333 bits per heavy atom. The lowest BCUT2D eigenvalue weighted by atomic mass is 10.0. The molecule has 0 aromatic rings. The number of carbonyl (C=O) groups excluding carboxylic acids is 4. The molecule has 0 bridgehead atoms. The summed E-state index contributed by atoms with van der Waals surface area (Å²) in [6.07, 6.45) is 36.2. The normalized spacial score (nSPS) is 14.4. The summed E-state index contributed by atoms with van der Waals surface area (Å²) in [7, 11) is -9.88. The first-order chi connectivity index (χ1) is 38.9. The lowest BCUT2D eigenvalue weighted by molar-refractivity contribution is -0.161. The number of hydrogen-bond donors (Lipinski definition) is 3. The number of aliphatic hydroxyl groups excluding tert-OH is 1. The third-order valence-corrected chi connectivity index (χ3v) is 16.1. The molecule has 5 atom stereocenters. The molecule has 480 valence electrons. The van der Waals surface area contributed by atoms with Crippen LogP contribution in [0, 0.1) is 11.8 Å². The second-order valence-electron chi connectivity index (χ2n) is 23.4. The van der Waals surface area contributed by atoms with E-state index in [9.17, 15) is 43.2 Å². The molecule has 81 heavy (non-hydrogen) atoms. The molecule has 0 aromatic carbocycles. The molecule has 19 heteroatoms. The molecule has 0 fully saturated rings. The van der Waals surface area contributed by atoms with E-state index < -0.39 is 97.5 Å². The minimum absolute atomic E-state index is 0.104. The van der Waals surface area contributed by atoms with Crippen molar-refractivity contribution in [3.63, 3.8) is 0 Å². The first-order valence-electron chi connectivity index (χ1n) is 32.5. The topological polar surface area (TPSA) is 237 Å². The van der Waals surface area contributed by atoms with Crippen molar-refractivity contribution in [3.8, 4) is 0 Å². The Kier molecular flexibility index (Phi) is 53.4. The van der Waals surface area contributed by atoms with Crippen LogP contribution in [0.2, 0.25) is 0 Å². The van der Waals surface area contributed by atoms with E-state index in [-0.39, 0.29) is 25.7 Å². The molecule has 0 amide bonds. The molecule has 0 aliphatic heterocycles. The van der Waals surface area contributed by atoms with Crippen molar-refractivity contribution >= 4 is 39.5 Å². The number of esters is 4. The molecule has 3 N–H and O–H groups in total. The summed E-state index contributed by atoms with van der Waals surface area (Å²) in [6.45, 7) is 9.38. The van der Waals surface area contributed by atoms with Gasteiger partial charge in [-0.05, 0) is 37.5 Å². The van der Waals surface area contributed by atoms with Gasteiger partial charge in [0.25, 0.3) is 0 Å². The Hall–Kier alpha value is -1.94. The lowest BCUT2D eigenvalue weighted by Crippen LogP contribution is -2.30. The van der Waals surface area contributed by atoms with Gasteiger partial charge in [0.15, 0.2) is 12.2 Å². The van der Waals surface area contributed by atoms with Crippen molar-refractivity contribution in [1.82, 2.24) is 0 Å². The number of phosphoric acid groups is 2. The van der Waals surface area contributed by atoms with Gasteiger partial charge in [0.2, 0.25) is 0 Å². The molecule has 2 unspecified atom stereocenters. The SMILES string of the molecule is CCCCCCCCCCCCC(=O)O[C@H](COC(=O)CCCCCCCCCCC)COP(=O)(O)OC[C@H](O)COP(=O)(O)OC[C@@H](COC(=O)CCCCCCCCCC(C)C)OC(=O)CCCCCCCCCCCC(C)C. The van der Waals surface area contributed by atoms with Gasteiger partial charge < -0.3 is 33.8 Å². The number of hydrogen-bond acceptors (Lipinski definition) is 15. The molecule has 0 saturated heterocycles. The summed E-state index contributed by atoms with van der Waals surface area (Å²) in [4.78, 5) is 72.0. The van der Waals surface area contributed by atoms with Crippen LogP contribution in [0.3, 0.4) is 0 Å². The van der Waals surface area contributed by atoms with E-state index in [0.29, 0.717) is 31.6 Å². The molecular weight excluding hydrogens is 1080 g/mol. The zero-order valence-corrected chi connectivity index (χ0v) is 53.9. The highest BCUT2D eigenvalue weighted by Gasteiger charge is 2.30. The molecule has 0 saturated carbocycles. The maximum Gasteiger partial charge on any atom is 0.472 e. The van der Waals surface area contributed by atoms with Crippen LogP contribution in [-0.4, -0.2) is 96.7 Å². The molecule has 0 rings (SSSR count). The van der Waals surface area contributed by atoms with Crippen molar-refractivity contribution < 1.29 is 80.2 Å². The highest BCUT2D eigenvalue weighted by atomic mass is 31.2. The Bertz CT molecular complexity index is 1600. The largest absolute Gasteiger partial charge is 0.472 e. The van der Waals surface area contributed by atoms with Gasteiger partial charge in [-0.15, -0.1) is 0 Å². The van der Waals surface area contributed by atoms with Crippen LogP contribution in [0.25, 0.3) is 0 Å². The minimum Gasteiger partial charge on any atom is -0.462 e. The van der Waals surface area contributed by atoms with Crippen LogP contribution in [-0.2, 0) is 65.4 Å².